The van der Waals surface area contributed by atoms with Gasteiger partial charge in [0, 0.05) is 20.0 Å². The minimum absolute atomic E-state index is 0.104. The number of rotatable bonds is 7. The summed E-state index contributed by atoms with van der Waals surface area (Å²) in [7, 11) is -0.277. The first-order valence-corrected chi connectivity index (χ1v) is 8.05. The number of nitrogens with one attached hydrogen (secondary N) is 1. The van der Waals surface area contributed by atoms with E-state index in [1.165, 1.54) is 4.31 Å². The van der Waals surface area contributed by atoms with Crippen LogP contribution in [0.15, 0.2) is 24.3 Å². The molecule has 0 bridgehead atoms. The van der Waals surface area contributed by atoms with Crippen LogP contribution < -0.4 is 14.4 Å². The Bertz CT molecular complexity index is 540. The Kier molecular flexibility index (Phi) is 5.82. The van der Waals surface area contributed by atoms with Crippen molar-refractivity contribution in [3.05, 3.63) is 24.3 Å². The van der Waals surface area contributed by atoms with Crippen molar-refractivity contribution in [3.63, 3.8) is 0 Å². The molecule has 0 unspecified atom stereocenters. The van der Waals surface area contributed by atoms with Crippen molar-refractivity contribution in [1.29, 1.82) is 0 Å². The van der Waals surface area contributed by atoms with Gasteiger partial charge in [0.05, 0.1) is 19.1 Å². The first kappa shape index (κ1) is 16.3. The average Bonchev–Trinajstić information content (AvgIpc) is 2.42. The Morgan fingerprint density at radius 2 is 1.90 bits per heavy atom. The van der Waals surface area contributed by atoms with Crippen molar-refractivity contribution in [1.82, 2.24) is 5.32 Å². The van der Waals surface area contributed by atoms with Crippen LogP contribution >= 0.6 is 0 Å². The molecule has 0 spiro atoms. The van der Waals surface area contributed by atoms with Gasteiger partial charge in [0.1, 0.15) is 5.75 Å². The highest BCUT2D eigenvalue weighted by Crippen LogP contribution is 2.21. The van der Waals surface area contributed by atoms with Crippen LogP contribution in [0.25, 0.3) is 0 Å². The van der Waals surface area contributed by atoms with E-state index < -0.39 is 10.0 Å². The third-order valence-electron chi connectivity index (χ3n) is 2.80. The minimum Gasteiger partial charge on any atom is -0.497 e. The summed E-state index contributed by atoms with van der Waals surface area (Å²) in [6.45, 7) is 0.262. The summed E-state index contributed by atoms with van der Waals surface area (Å²) < 4.78 is 30.0. The van der Waals surface area contributed by atoms with E-state index in [0.717, 1.165) is 6.26 Å². The Morgan fingerprint density at radius 3 is 2.35 bits per heavy atom. The molecule has 0 aliphatic carbocycles. The Labute approximate surface area is 119 Å². The first-order chi connectivity index (χ1) is 9.38. The lowest BCUT2D eigenvalue weighted by atomic mass is 10.2. The lowest BCUT2D eigenvalue weighted by Gasteiger charge is -2.22. The fourth-order valence-corrected chi connectivity index (χ4v) is 2.71. The summed E-state index contributed by atoms with van der Waals surface area (Å²) in [5.41, 5.74) is 0.560. The number of hydrogen-bond acceptors (Lipinski definition) is 4. The van der Waals surface area contributed by atoms with E-state index in [4.69, 9.17) is 4.74 Å². The van der Waals surface area contributed by atoms with Crippen LogP contribution in [0.3, 0.4) is 0 Å². The maximum absolute atomic E-state index is 11.8. The van der Waals surface area contributed by atoms with Crippen LogP contribution in [0.1, 0.15) is 12.8 Å². The van der Waals surface area contributed by atoms with E-state index in [2.05, 4.69) is 5.32 Å². The second kappa shape index (κ2) is 7.14. The molecule has 0 aromatic heterocycles. The van der Waals surface area contributed by atoms with Crippen molar-refractivity contribution >= 4 is 21.6 Å². The van der Waals surface area contributed by atoms with Gasteiger partial charge in [0.15, 0.2) is 0 Å². The zero-order chi connectivity index (χ0) is 15.2. The van der Waals surface area contributed by atoms with Crippen LogP contribution in [-0.4, -0.2) is 41.3 Å². The number of ether oxygens (including phenoxy) is 1. The first-order valence-electron chi connectivity index (χ1n) is 6.21. The highest BCUT2D eigenvalue weighted by Gasteiger charge is 2.17. The lowest BCUT2D eigenvalue weighted by Crippen LogP contribution is -2.31. The van der Waals surface area contributed by atoms with Crippen molar-refractivity contribution in [2.45, 2.75) is 12.8 Å². The SMILES string of the molecule is CNC(=O)CCCN(c1ccc(OC)cc1)S(C)(=O)=O. The van der Waals surface area contributed by atoms with Crippen molar-refractivity contribution < 1.29 is 17.9 Å². The molecule has 0 aliphatic heterocycles. The number of anilines is 1. The van der Waals surface area contributed by atoms with Gasteiger partial charge in [-0.3, -0.25) is 9.10 Å². The molecule has 0 aliphatic rings. The summed E-state index contributed by atoms with van der Waals surface area (Å²) in [6.07, 6.45) is 1.90. The third kappa shape index (κ3) is 4.73. The Hall–Kier alpha value is -1.76. The molecule has 0 saturated carbocycles. The number of benzene rings is 1. The monoisotopic (exact) mass is 300 g/mol. The Balaban J connectivity index is 2.81. The van der Waals surface area contributed by atoms with Gasteiger partial charge in [-0.25, -0.2) is 8.42 Å². The molecule has 7 heteroatoms. The fourth-order valence-electron chi connectivity index (χ4n) is 1.74. The summed E-state index contributed by atoms with van der Waals surface area (Å²) in [6, 6.07) is 6.76. The predicted octanol–water partition coefficient (Wildman–Crippen LogP) is 0.987. The molecule has 0 fully saturated rings. The van der Waals surface area contributed by atoms with E-state index >= 15 is 0 Å². The normalized spacial score (nSPS) is 10.9. The van der Waals surface area contributed by atoms with Gasteiger partial charge in [-0.05, 0) is 30.7 Å². The largest absolute Gasteiger partial charge is 0.497 e. The highest BCUT2D eigenvalue weighted by atomic mass is 32.2. The third-order valence-corrected chi connectivity index (χ3v) is 4.00. The fraction of sp³-hybridized carbons (Fsp3) is 0.462. The van der Waals surface area contributed by atoms with Crippen molar-refractivity contribution in [2.24, 2.45) is 0 Å². The smallest absolute Gasteiger partial charge is 0.232 e. The topological polar surface area (TPSA) is 75.7 Å². The zero-order valence-electron chi connectivity index (χ0n) is 11.9. The predicted molar refractivity (Wildman–Crippen MR) is 78.5 cm³/mol. The van der Waals surface area contributed by atoms with Gasteiger partial charge >= 0.3 is 0 Å². The van der Waals surface area contributed by atoms with Gasteiger partial charge in [-0.2, -0.15) is 0 Å². The van der Waals surface area contributed by atoms with Crippen molar-refractivity contribution in [2.75, 3.05) is 31.3 Å². The van der Waals surface area contributed by atoms with Crippen LogP contribution in [0.2, 0.25) is 0 Å². The minimum atomic E-state index is -3.38. The molecule has 1 amide bonds. The number of sulfonamides is 1. The molecule has 0 heterocycles. The standard InChI is InChI=1S/C13H20N2O4S/c1-14-13(16)5-4-10-15(20(3,17)18)11-6-8-12(19-2)9-7-11/h6-9H,4-5,10H2,1-3H3,(H,14,16). The molecule has 112 valence electrons. The van der Waals surface area contributed by atoms with E-state index in [-0.39, 0.29) is 12.5 Å². The quantitative estimate of drug-likeness (QED) is 0.814. The molecule has 1 aromatic rings. The molecule has 1 N–H and O–H groups in total. The average molecular weight is 300 g/mol. The van der Waals surface area contributed by atoms with E-state index in [1.54, 1.807) is 38.4 Å². The number of amides is 1. The maximum Gasteiger partial charge on any atom is 0.232 e. The summed E-state index contributed by atoms with van der Waals surface area (Å²) in [4.78, 5) is 11.2. The second-order valence-electron chi connectivity index (χ2n) is 4.31. The van der Waals surface area contributed by atoms with Gasteiger partial charge in [-0.15, -0.1) is 0 Å². The van der Waals surface area contributed by atoms with Crippen LogP contribution in [0, 0.1) is 0 Å². The maximum atomic E-state index is 11.8. The van der Waals surface area contributed by atoms with Crippen LogP contribution in [-0.2, 0) is 14.8 Å². The molecular weight excluding hydrogens is 280 g/mol. The molecule has 0 atom stereocenters. The lowest BCUT2D eigenvalue weighted by molar-refractivity contribution is -0.120. The number of nitrogens with zero attached hydrogens (tertiary/aromatic N) is 1. The molecule has 0 radical (unpaired) electrons. The van der Waals surface area contributed by atoms with Gasteiger partial charge in [0.25, 0.3) is 0 Å². The molecular formula is C13H20N2O4S. The molecule has 6 nitrogen and oxygen atoms in total. The van der Waals surface area contributed by atoms with Gasteiger partial charge in [0.2, 0.25) is 15.9 Å². The van der Waals surface area contributed by atoms with E-state index in [1.807, 2.05) is 0 Å². The molecule has 20 heavy (non-hydrogen) atoms. The zero-order valence-corrected chi connectivity index (χ0v) is 12.7. The molecule has 1 rings (SSSR count). The number of carbonyl (C=O) groups excluding carboxylic acids is 1. The number of hydrogen-bond donors (Lipinski definition) is 1. The van der Waals surface area contributed by atoms with Crippen LogP contribution in [0.5, 0.6) is 5.75 Å². The second-order valence-corrected chi connectivity index (χ2v) is 6.22. The number of methoxy groups -OCH3 is 1. The van der Waals surface area contributed by atoms with E-state index in [9.17, 15) is 13.2 Å². The summed E-state index contributed by atoms with van der Waals surface area (Å²) in [5.74, 6) is 0.556. The summed E-state index contributed by atoms with van der Waals surface area (Å²) in [5, 5.41) is 2.51. The molecule has 0 saturated heterocycles. The number of carbonyl (C=O) groups is 1. The van der Waals surface area contributed by atoms with E-state index in [0.29, 0.717) is 24.3 Å². The van der Waals surface area contributed by atoms with Crippen LogP contribution in [0.4, 0.5) is 5.69 Å². The highest BCUT2D eigenvalue weighted by molar-refractivity contribution is 7.92. The molecule has 1 aromatic carbocycles. The Morgan fingerprint density at radius 1 is 1.30 bits per heavy atom. The summed E-state index contributed by atoms with van der Waals surface area (Å²) >= 11 is 0. The van der Waals surface area contributed by atoms with Gasteiger partial charge < -0.3 is 10.1 Å². The van der Waals surface area contributed by atoms with Crippen molar-refractivity contribution in [3.8, 4) is 5.75 Å². The van der Waals surface area contributed by atoms with Gasteiger partial charge in [-0.1, -0.05) is 0 Å².